The van der Waals surface area contributed by atoms with Crippen LogP contribution in [-0.4, -0.2) is 9.08 Å². The van der Waals surface area contributed by atoms with Crippen LogP contribution in [0.3, 0.4) is 0 Å². The molecule has 0 saturated carbocycles. The number of rotatable bonds is 1. The topological polar surface area (TPSA) is 0 Å². The molecule has 0 heterocycles. The number of halogens is 3. The molecule has 1 rings (SSSR count). The largest absolute Gasteiger partial charge is 0.653 e. The van der Waals surface area contributed by atoms with Crippen LogP contribution in [0.25, 0.3) is 0 Å². The molecule has 126 valence electrons. The molecule has 0 aliphatic rings. The minimum atomic E-state index is -5.92. The summed E-state index contributed by atoms with van der Waals surface area (Å²) in [6.45, 7) is 17.3. The summed E-state index contributed by atoms with van der Waals surface area (Å²) < 4.78 is 41.8. The zero-order valence-electron chi connectivity index (χ0n) is 15.3. The highest BCUT2D eigenvalue weighted by Crippen LogP contribution is 2.35. The summed E-state index contributed by atoms with van der Waals surface area (Å²) >= 11 is 0. The monoisotopic (exact) mass is 330 g/mol. The molecule has 0 aliphatic carbocycles. The Labute approximate surface area is 134 Å². The van der Waals surface area contributed by atoms with E-state index in [9.17, 15) is 12.3 Å². The quantitative estimate of drug-likeness (QED) is 0.462. The van der Waals surface area contributed by atoms with Gasteiger partial charge in [0.05, 0.1) is 0 Å². The zero-order chi connectivity index (χ0) is 17.7. The molecule has 0 spiro atoms. The zero-order valence-corrected chi connectivity index (χ0v) is 16.3. The molecule has 0 fully saturated rings. The van der Waals surface area contributed by atoms with Crippen molar-refractivity contribution in [1.82, 2.24) is 0 Å². The summed E-state index contributed by atoms with van der Waals surface area (Å²) in [4.78, 5) is 0. The summed E-state index contributed by atoms with van der Waals surface area (Å²) in [6.07, 6.45) is 0. The lowest BCUT2D eigenvalue weighted by atomic mass is 9.75. The molecule has 0 unspecified atom stereocenters. The van der Waals surface area contributed by atoms with E-state index in [1.807, 2.05) is 62.3 Å². The highest BCUT2D eigenvalue weighted by molar-refractivity contribution is 6.74. The predicted molar refractivity (Wildman–Crippen MR) is 91.3 cm³/mol. The Morgan fingerprint density at radius 3 is 1.14 bits per heavy atom. The van der Waals surface area contributed by atoms with Crippen molar-refractivity contribution >= 4 is 14.3 Å². The van der Waals surface area contributed by atoms with Gasteiger partial charge in [-0.05, 0) is 32.9 Å². The van der Waals surface area contributed by atoms with E-state index >= 15 is 0 Å². The normalized spacial score (nSPS) is 14.4. The lowest BCUT2D eigenvalue weighted by Crippen LogP contribution is -2.46. The van der Waals surface area contributed by atoms with Crippen molar-refractivity contribution < 1.29 is 12.3 Å². The van der Waals surface area contributed by atoms with Crippen molar-refractivity contribution in [2.24, 2.45) is 0 Å². The molecule has 0 N–H and O–H groups in total. The molecule has 0 aliphatic heterocycles. The van der Waals surface area contributed by atoms with Crippen molar-refractivity contribution in [2.75, 3.05) is 0 Å². The molecule has 0 atom stereocenters. The maximum absolute atomic E-state index is 13.9. The number of hydrogen-bond donors (Lipinski definition) is 0. The Kier molecular flexibility index (Phi) is 4.73. The van der Waals surface area contributed by atoms with Gasteiger partial charge >= 0.3 is 9.08 Å². The van der Waals surface area contributed by atoms with Crippen LogP contribution in [0.4, 0.5) is 12.3 Å². The molecule has 0 nitrogen and oxygen atoms in total. The average Bonchev–Trinajstić information content (AvgIpc) is 2.22. The van der Waals surface area contributed by atoms with Crippen LogP contribution in [0.5, 0.6) is 0 Å². The SMILES string of the molecule is CC(C)(C)c1cc(C(C)(C)C)c([Si](F)(F)F)c(C(C)(C)C)c1. The second kappa shape index (κ2) is 5.40. The molecule has 0 radical (unpaired) electrons. The first kappa shape index (κ1) is 19.3. The Hall–Kier alpha value is -0.773. The van der Waals surface area contributed by atoms with Gasteiger partial charge < -0.3 is 0 Å². The van der Waals surface area contributed by atoms with Crippen LogP contribution in [0, 0.1) is 0 Å². The minimum Gasteiger partial charge on any atom is -0.234 e. The van der Waals surface area contributed by atoms with Gasteiger partial charge in [0.2, 0.25) is 0 Å². The third kappa shape index (κ3) is 4.15. The van der Waals surface area contributed by atoms with Gasteiger partial charge in [0.25, 0.3) is 0 Å². The van der Waals surface area contributed by atoms with E-state index in [1.165, 1.54) is 0 Å². The first-order valence-electron chi connectivity index (χ1n) is 7.72. The van der Waals surface area contributed by atoms with Crippen LogP contribution in [0.1, 0.15) is 79.0 Å². The standard InChI is InChI=1S/C18H29F3Si/c1-16(2,3)12-10-13(17(4,5)6)15(22(19,20)21)14(11-12)18(7,8)9/h10-11H,1-9H3. The highest BCUT2D eigenvalue weighted by atomic mass is 28.5. The van der Waals surface area contributed by atoms with Crippen molar-refractivity contribution in [3.05, 3.63) is 28.8 Å². The van der Waals surface area contributed by atoms with Gasteiger partial charge in [-0.15, -0.1) is 0 Å². The lowest BCUT2D eigenvalue weighted by molar-refractivity contribution is 0.487. The fourth-order valence-electron chi connectivity index (χ4n) is 2.56. The van der Waals surface area contributed by atoms with E-state index in [0.717, 1.165) is 5.56 Å². The molecular formula is C18H29F3Si. The van der Waals surface area contributed by atoms with Crippen LogP contribution in [0.15, 0.2) is 12.1 Å². The van der Waals surface area contributed by atoms with E-state index in [1.54, 1.807) is 12.1 Å². The van der Waals surface area contributed by atoms with Gasteiger partial charge in [-0.2, -0.15) is 0 Å². The predicted octanol–water partition coefficient (Wildman–Crippen LogP) is 5.63. The van der Waals surface area contributed by atoms with Gasteiger partial charge in [-0.25, -0.2) is 12.3 Å². The highest BCUT2D eigenvalue weighted by Gasteiger charge is 2.47. The van der Waals surface area contributed by atoms with Crippen LogP contribution >= 0.6 is 0 Å². The Balaban J connectivity index is 3.96. The maximum Gasteiger partial charge on any atom is 0.653 e. The van der Waals surface area contributed by atoms with E-state index in [4.69, 9.17) is 0 Å². The maximum atomic E-state index is 13.9. The molecule has 0 aromatic heterocycles. The fourth-order valence-corrected chi connectivity index (χ4v) is 4.07. The molecule has 22 heavy (non-hydrogen) atoms. The van der Waals surface area contributed by atoms with Gasteiger partial charge in [0.15, 0.2) is 0 Å². The smallest absolute Gasteiger partial charge is 0.234 e. The molecule has 0 amide bonds. The minimum absolute atomic E-state index is 0.175. The second-order valence-electron chi connectivity index (χ2n) is 9.19. The fraction of sp³-hybridized carbons (Fsp3) is 0.667. The summed E-state index contributed by atoms with van der Waals surface area (Å²) in [7, 11) is -5.92. The van der Waals surface area contributed by atoms with E-state index in [0.29, 0.717) is 11.1 Å². The van der Waals surface area contributed by atoms with Crippen LogP contribution < -0.4 is 5.19 Å². The number of hydrogen-bond acceptors (Lipinski definition) is 0. The lowest BCUT2D eigenvalue weighted by Gasteiger charge is -2.33. The van der Waals surface area contributed by atoms with Crippen molar-refractivity contribution in [3.63, 3.8) is 0 Å². The summed E-state index contributed by atoms with van der Waals surface area (Å²) in [5.74, 6) is 0. The molecule has 0 saturated heterocycles. The summed E-state index contributed by atoms with van der Waals surface area (Å²) in [5.41, 5.74) is 0.640. The van der Waals surface area contributed by atoms with E-state index in [-0.39, 0.29) is 10.6 Å². The van der Waals surface area contributed by atoms with Gasteiger partial charge in [0.1, 0.15) is 0 Å². The molecule has 1 aromatic rings. The van der Waals surface area contributed by atoms with Gasteiger partial charge in [-0.3, -0.25) is 0 Å². The van der Waals surface area contributed by atoms with Gasteiger partial charge in [-0.1, -0.05) is 74.4 Å². The molecule has 4 heteroatoms. The number of benzene rings is 1. The Bertz CT molecular complexity index is 515. The molecule has 0 bridgehead atoms. The van der Waals surface area contributed by atoms with Crippen molar-refractivity contribution in [2.45, 2.75) is 78.6 Å². The van der Waals surface area contributed by atoms with E-state index < -0.39 is 19.9 Å². The molecular weight excluding hydrogens is 301 g/mol. The second-order valence-corrected chi connectivity index (χ2v) is 10.7. The third-order valence-electron chi connectivity index (χ3n) is 3.90. The van der Waals surface area contributed by atoms with Crippen molar-refractivity contribution in [3.8, 4) is 0 Å². The Morgan fingerprint density at radius 1 is 0.636 bits per heavy atom. The van der Waals surface area contributed by atoms with E-state index in [2.05, 4.69) is 0 Å². The third-order valence-corrected chi connectivity index (χ3v) is 5.01. The molecule has 1 aromatic carbocycles. The van der Waals surface area contributed by atoms with Crippen LogP contribution in [0.2, 0.25) is 0 Å². The first-order valence-corrected chi connectivity index (χ1v) is 9.36. The van der Waals surface area contributed by atoms with Crippen LogP contribution in [-0.2, 0) is 16.2 Å². The first-order chi connectivity index (χ1) is 9.45. The Morgan fingerprint density at radius 2 is 0.955 bits per heavy atom. The van der Waals surface area contributed by atoms with Crippen molar-refractivity contribution in [1.29, 1.82) is 0 Å². The summed E-state index contributed by atoms with van der Waals surface area (Å²) in [6, 6.07) is 3.57. The summed E-state index contributed by atoms with van der Waals surface area (Å²) in [5, 5.41) is -0.319. The average molecular weight is 331 g/mol. The van der Waals surface area contributed by atoms with Gasteiger partial charge in [0, 0.05) is 5.19 Å².